The number of ether oxygens (including phenoxy) is 2. The summed E-state index contributed by atoms with van der Waals surface area (Å²) in [5, 5.41) is 6.58. The molecule has 0 atom stereocenters. The summed E-state index contributed by atoms with van der Waals surface area (Å²) in [5.41, 5.74) is 0.958. The fourth-order valence-electron chi connectivity index (χ4n) is 2.88. The molecule has 1 aromatic carbocycles. The van der Waals surface area contributed by atoms with E-state index in [4.69, 9.17) is 9.47 Å². The first-order chi connectivity index (χ1) is 12.5. The van der Waals surface area contributed by atoms with Crippen LogP contribution in [0.4, 0.5) is 0 Å². The SMILES string of the molecule is COc1ccc(CN=C(NCC(=O)N(C)C)NC2CCCC2)c(OC)c1.I. The van der Waals surface area contributed by atoms with Crippen molar-refractivity contribution in [2.24, 2.45) is 4.99 Å². The first kappa shape index (κ1) is 23.3. The summed E-state index contributed by atoms with van der Waals surface area (Å²) in [5.74, 6) is 2.14. The van der Waals surface area contributed by atoms with E-state index in [0.717, 1.165) is 29.9 Å². The number of benzene rings is 1. The van der Waals surface area contributed by atoms with Crippen molar-refractivity contribution in [3.8, 4) is 11.5 Å². The lowest BCUT2D eigenvalue weighted by Gasteiger charge is -2.18. The Morgan fingerprint density at radius 3 is 2.52 bits per heavy atom. The zero-order valence-corrected chi connectivity index (χ0v) is 18.9. The summed E-state index contributed by atoms with van der Waals surface area (Å²) in [6.07, 6.45) is 4.73. The van der Waals surface area contributed by atoms with Gasteiger partial charge in [0.25, 0.3) is 0 Å². The predicted octanol–water partition coefficient (Wildman–Crippen LogP) is 2.39. The van der Waals surface area contributed by atoms with Gasteiger partial charge in [0.05, 0.1) is 27.3 Å². The molecular formula is C19H31IN4O3. The van der Waals surface area contributed by atoms with E-state index in [9.17, 15) is 4.79 Å². The second-order valence-corrected chi connectivity index (χ2v) is 6.61. The van der Waals surface area contributed by atoms with Crippen LogP contribution in [-0.4, -0.2) is 57.7 Å². The number of likely N-dealkylation sites (N-methyl/N-ethyl adjacent to an activating group) is 1. The summed E-state index contributed by atoms with van der Waals surface area (Å²) in [6, 6.07) is 6.09. The Labute approximate surface area is 178 Å². The van der Waals surface area contributed by atoms with Gasteiger partial charge in [-0.1, -0.05) is 12.8 Å². The van der Waals surface area contributed by atoms with Gasteiger partial charge in [-0.15, -0.1) is 24.0 Å². The molecule has 1 aromatic rings. The van der Waals surface area contributed by atoms with E-state index in [1.807, 2.05) is 18.2 Å². The van der Waals surface area contributed by atoms with Crippen molar-refractivity contribution in [1.29, 1.82) is 0 Å². The Morgan fingerprint density at radius 2 is 1.93 bits per heavy atom. The molecular weight excluding hydrogens is 459 g/mol. The Bertz CT molecular complexity index is 631. The van der Waals surface area contributed by atoms with Gasteiger partial charge in [0, 0.05) is 31.8 Å². The van der Waals surface area contributed by atoms with Crippen LogP contribution >= 0.6 is 24.0 Å². The second kappa shape index (κ2) is 11.9. The molecule has 2 N–H and O–H groups in total. The molecule has 0 unspecified atom stereocenters. The highest BCUT2D eigenvalue weighted by Gasteiger charge is 2.17. The van der Waals surface area contributed by atoms with Crippen LogP contribution in [0.3, 0.4) is 0 Å². The smallest absolute Gasteiger partial charge is 0.241 e. The molecule has 1 aliphatic rings. The molecule has 0 aromatic heterocycles. The average Bonchev–Trinajstić information content (AvgIpc) is 3.16. The van der Waals surface area contributed by atoms with Crippen LogP contribution in [0, 0.1) is 0 Å². The number of carbonyl (C=O) groups excluding carboxylic acids is 1. The molecule has 2 rings (SSSR count). The van der Waals surface area contributed by atoms with Crippen LogP contribution in [0.5, 0.6) is 11.5 Å². The minimum atomic E-state index is 0. The number of hydrogen-bond donors (Lipinski definition) is 2. The number of carbonyl (C=O) groups is 1. The van der Waals surface area contributed by atoms with Crippen molar-refractivity contribution < 1.29 is 14.3 Å². The molecule has 8 heteroatoms. The average molecular weight is 490 g/mol. The maximum absolute atomic E-state index is 11.9. The highest BCUT2D eigenvalue weighted by atomic mass is 127. The highest BCUT2D eigenvalue weighted by molar-refractivity contribution is 14.0. The monoisotopic (exact) mass is 490 g/mol. The lowest BCUT2D eigenvalue weighted by Crippen LogP contribution is -2.46. The molecule has 1 saturated carbocycles. The van der Waals surface area contributed by atoms with Gasteiger partial charge >= 0.3 is 0 Å². The van der Waals surface area contributed by atoms with Gasteiger partial charge in [0.2, 0.25) is 5.91 Å². The van der Waals surface area contributed by atoms with E-state index in [2.05, 4.69) is 15.6 Å². The minimum absolute atomic E-state index is 0. The quantitative estimate of drug-likeness (QED) is 0.349. The Morgan fingerprint density at radius 1 is 1.22 bits per heavy atom. The number of hydrogen-bond acceptors (Lipinski definition) is 4. The number of nitrogens with one attached hydrogen (secondary N) is 2. The number of methoxy groups -OCH3 is 2. The van der Waals surface area contributed by atoms with Gasteiger partial charge in [-0.25, -0.2) is 4.99 Å². The third-order valence-electron chi connectivity index (χ3n) is 4.50. The van der Waals surface area contributed by atoms with Crippen LogP contribution in [0.2, 0.25) is 0 Å². The van der Waals surface area contributed by atoms with Crippen LogP contribution in [-0.2, 0) is 11.3 Å². The van der Waals surface area contributed by atoms with Crippen LogP contribution in [0.15, 0.2) is 23.2 Å². The second-order valence-electron chi connectivity index (χ2n) is 6.61. The number of amides is 1. The molecule has 1 amide bonds. The Hall–Kier alpha value is -1.71. The minimum Gasteiger partial charge on any atom is -0.497 e. The number of halogens is 1. The molecule has 7 nitrogen and oxygen atoms in total. The van der Waals surface area contributed by atoms with Crippen molar-refractivity contribution in [1.82, 2.24) is 15.5 Å². The molecule has 152 valence electrons. The summed E-state index contributed by atoms with van der Waals surface area (Å²) >= 11 is 0. The number of guanidine groups is 1. The van der Waals surface area contributed by atoms with Crippen LogP contribution in [0.25, 0.3) is 0 Å². The van der Waals surface area contributed by atoms with Gasteiger partial charge in [-0.2, -0.15) is 0 Å². The van der Waals surface area contributed by atoms with Crippen LogP contribution in [0.1, 0.15) is 31.2 Å². The van der Waals surface area contributed by atoms with E-state index in [0.29, 0.717) is 18.5 Å². The summed E-state index contributed by atoms with van der Waals surface area (Å²) in [6.45, 7) is 0.663. The Balaban J connectivity index is 0.00000364. The third-order valence-corrected chi connectivity index (χ3v) is 4.50. The molecule has 27 heavy (non-hydrogen) atoms. The van der Waals surface area contributed by atoms with Gasteiger partial charge in [0.1, 0.15) is 11.5 Å². The van der Waals surface area contributed by atoms with Crippen molar-refractivity contribution in [3.05, 3.63) is 23.8 Å². The van der Waals surface area contributed by atoms with Gasteiger partial charge in [-0.3, -0.25) is 4.79 Å². The van der Waals surface area contributed by atoms with Gasteiger partial charge in [-0.05, 0) is 25.0 Å². The molecule has 1 aliphatic carbocycles. The predicted molar refractivity (Wildman–Crippen MR) is 118 cm³/mol. The largest absolute Gasteiger partial charge is 0.497 e. The number of nitrogens with zero attached hydrogens (tertiary/aromatic N) is 2. The topological polar surface area (TPSA) is 75.2 Å². The fraction of sp³-hybridized carbons (Fsp3) is 0.579. The Kier molecular flexibility index (Phi) is 10.3. The maximum atomic E-state index is 11.9. The summed E-state index contributed by atoms with van der Waals surface area (Å²) in [7, 11) is 6.75. The van der Waals surface area contributed by atoms with E-state index in [1.54, 1.807) is 33.2 Å². The fourth-order valence-corrected chi connectivity index (χ4v) is 2.88. The first-order valence-electron chi connectivity index (χ1n) is 8.99. The third kappa shape index (κ3) is 7.43. The first-order valence-corrected chi connectivity index (χ1v) is 8.99. The molecule has 0 saturated heterocycles. The molecule has 0 aliphatic heterocycles. The van der Waals surface area contributed by atoms with E-state index in [-0.39, 0.29) is 36.4 Å². The van der Waals surface area contributed by atoms with Gasteiger partial charge in [0.15, 0.2) is 5.96 Å². The van der Waals surface area contributed by atoms with Crippen LogP contribution < -0.4 is 20.1 Å². The molecule has 0 spiro atoms. The van der Waals surface area contributed by atoms with Crippen molar-refractivity contribution in [2.45, 2.75) is 38.3 Å². The van der Waals surface area contributed by atoms with Gasteiger partial charge < -0.3 is 25.0 Å². The maximum Gasteiger partial charge on any atom is 0.241 e. The number of aliphatic imine (C=N–C) groups is 1. The molecule has 1 fully saturated rings. The summed E-state index contributed by atoms with van der Waals surface area (Å²) < 4.78 is 10.7. The zero-order chi connectivity index (χ0) is 18.9. The lowest BCUT2D eigenvalue weighted by molar-refractivity contribution is -0.127. The molecule has 0 radical (unpaired) electrons. The molecule has 0 heterocycles. The highest BCUT2D eigenvalue weighted by Crippen LogP contribution is 2.25. The van der Waals surface area contributed by atoms with E-state index < -0.39 is 0 Å². The van der Waals surface area contributed by atoms with Crippen molar-refractivity contribution >= 4 is 35.8 Å². The van der Waals surface area contributed by atoms with E-state index >= 15 is 0 Å². The van der Waals surface area contributed by atoms with Crippen molar-refractivity contribution in [2.75, 3.05) is 34.9 Å². The van der Waals surface area contributed by atoms with E-state index in [1.165, 1.54) is 12.8 Å². The van der Waals surface area contributed by atoms with Crippen molar-refractivity contribution in [3.63, 3.8) is 0 Å². The normalized spacial score (nSPS) is 14.3. The standard InChI is InChI=1S/C19H30N4O3.HI/c1-23(2)18(24)13-21-19(22-15-7-5-6-8-15)20-12-14-9-10-16(25-3)11-17(14)26-4;/h9-11,15H,5-8,12-13H2,1-4H3,(H2,20,21,22);1H. The summed E-state index contributed by atoms with van der Waals surface area (Å²) in [4.78, 5) is 18.1. The zero-order valence-electron chi connectivity index (χ0n) is 16.6. The number of rotatable bonds is 7. The lowest BCUT2D eigenvalue weighted by atomic mass is 10.2. The molecule has 0 bridgehead atoms.